The summed E-state index contributed by atoms with van der Waals surface area (Å²) >= 11 is 0. The molecule has 0 aliphatic carbocycles. The highest BCUT2D eigenvalue weighted by Crippen LogP contribution is 2.25. The van der Waals surface area contributed by atoms with Crippen molar-refractivity contribution >= 4 is 16.3 Å². The molecule has 1 aromatic rings. The molecule has 0 spiro atoms. The van der Waals surface area contributed by atoms with Crippen molar-refractivity contribution < 1.29 is 56.6 Å². The van der Waals surface area contributed by atoms with Crippen molar-refractivity contribution in [1.29, 1.82) is 0 Å². The maximum absolute atomic E-state index is 12.4. The third-order valence-electron chi connectivity index (χ3n) is 6.18. The van der Waals surface area contributed by atoms with Gasteiger partial charge in [0, 0.05) is 6.42 Å². The van der Waals surface area contributed by atoms with Crippen molar-refractivity contribution in [3.8, 4) is 0 Å². The molecule has 1 fully saturated rings. The van der Waals surface area contributed by atoms with Crippen LogP contribution in [0.5, 0.6) is 0 Å². The van der Waals surface area contributed by atoms with E-state index >= 15 is 0 Å². The largest absolute Gasteiger partial charge is 0.397 e. The zero-order chi connectivity index (χ0) is 28.2. The maximum atomic E-state index is 12.4. The smallest absolute Gasteiger partial charge is 0.396 e. The van der Waals surface area contributed by atoms with Gasteiger partial charge in [-0.15, -0.1) is 0 Å². The Morgan fingerprint density at radius 3 is 2.39 bits per heavy atom. The van der Waals surface area contributed by atoms with E-state index in [0.717, 1.165) is 12.0 Å². The second-order valence-electron chi connectivity index (χ2n) is 9.35. The topological polar surface area (TPSA) is 201 Å². The summed E-state index contributed by atoms with van der Waals surface area (Å²) in [4.78, 5) is 12.4. The van der Waals surface area contributed by atoms with Crippen molar-refractivity contribution in [1.82, 2.24) is 5.32 Å². The van der Waals surface area contributed by atoms with Gasteiger partial charge in [0.2, 0.25) is 5.91 Å². The van der Waals surface area contributed by atoms with Gasteiger partial charge in [0.15, 0.2) is 6.29 Å². The quantitative estimate of drug-likeness (QED) is 0.128. The molecule has 1 saturated heterocycles. The SMILES string of the molecule is CCCCC(=O)N[C@H]1[C@@H](OCCc2ccccc2)O[C@H](COCC(CO)(CO)COS(=O)(=O)O)[C@@H](O)[C@@H]1O. The van der Waals surface area contributed by atoms with Gasteiger partial charge >= 0.3 is 10.4 Å². The number of ether oxygens (including phenoxy) is 3. The average Bonchev–Trinajstić information content (AvgIpc) is 2.90. The summed E-state index contributed by atoms with van der Waals surface area (Å²) in [5.74, 6) is -0.326. The van der Waals surface area contributed by atoms with Crippen LogP contribution in [0.3, 0.4) is 0 Å². The number of aliphatic hydroxyl groups excluding tert-OH is 4. The van der Waals surface area contributed by atoms with Crippen LogP contribution < -0.4 is 5.32 Å². The molecule has 218 valence electrons. The summed E-state index contributed by atoms with van der Waals surface area (Å²) in [7, 11) is -4.82. The fourth-order valence-corrected chi connectivity index (χ4v) is 4.16. The first kappa shape index (κ1) is 32.5. The average molecular weight is 566 g/mol. The lowest BCUT2D eigenvalue weighted by molar-refractivity contribution is -0.273. The van der Waals surface area contributed by atoms with Crippen LogP contribution >= 0.6 is 0 Å². The van der Waals surface area contributed by atoms with Gasteiger partial charge in [-0.3, -0.25) is 9.35 Å². The van der Waals surface area contributed by atoms with Crippen molar-refractivity contribution in [3.63, 3.8) is 0 Å². The number of hydrogen-bond donors (Lipinski definition) is 6. The first-order valence-electron chi connectivity index (χ1n) is 12.4. The highest BCUT2D eigenvalue weighted by Gasteiger charge is 2.46. The number of benzene rings is 1. The summed E-state index contributed by atoms with van der Waals surface area (Å²) < 4.78 is 52.1. The third-order valence-corrected chi connectivity index (χ3v) is 6.59. The fraction of sp³-hybridized carbons (Fsp3) is 0.708. The number of aliphatic hydroxyl groups is 4. The molecule has 14 heteroatoms. The number of hydrogen-bond acceptors (Lipinski definition) is 11. The van der Waals surface area contributed by atoms with E-state index < -0.39 is 72.9 Å². The van der Waals surface area contributed by atoms with Crippen LogP contribution in [-0.2, 0) is 40.0 Å². The normalized spacial score (nSPS) is 24.3. The van der Waals surface area contributed by atoms with Gasteiger partial charge in [0.1, 0.15) is 24.4 Å². The van der Waals surface area contributed by atoms with Crippen LogP contribution in [0.15, 0.2) is 30.3 Å². The van der Waals surface area contributed by atoms with E-state index in [2.05, 4.69) is 9.50 Å². The Morgan fingerprint density at radius 2 is 1.79 bits per heavy atom. The summed E-state index contributed by atoms with van der Waals surface area (Å²) in [5.41, 5.74) is -0.584. The van der Waals surface area contributed by atoms with Gasteiger partial charge in [-0.05, 0) is 18.4 Å². The number of carbonyl (C=O) groups excluding carboxylic acids is 1. The van der Waals surface area contributed by atoms with E-state index in [1.165, 1.54) is 0 Å². The van der Waals surface area contributed by atoms with Crippen LogP contribution in [0.2, 0.25) is 0 Å². The Bertz CT molecular complexity index is 928. The molecule has 1 aliphatic heterocycles. The first-order valence-corrected chi connectivity index (χ1v) is 13.8. The second kappa shape index (κ2) is 15.8. The van der Waals surface area contributed by atoms with Gasteiger partial charge in [0.05, 0.1) is 45.1 Å². The highest BCUT2D eigenvalue weighted by molar-refractivity contribution is 7.80. The molecular formula is C24H39NO12S. The molecule has 6 N–H and O–H groups in total. The van der Waals surface area contributed by atoms with Crippen molar-refractivity contribution in [2.45, 2.75) is 63.3 Å². The molecule has 13 nitrogen and oxygen atoms in total. The molecule has 1 aliphatic rings. The van der Waals surface area contributed by atoms with Gasteiger partial charge in [-0.2, -0.15) is 8.42 Å². The molecule has 2 rings (SSSR count). The second-order valence-corrected chi connectivity index (χ2v) is 10.4. The van der Waals surface area contributed by atoms with Gasteiger partial charge in [-0.1, -0.05) is 43.7 Å². The molecule has 1 amide bonds. The molecule has 1 heterocycles. The number of carbonyl (C=O) groups is 1. The number of unbranched alkanes of at least 4 members (excludes halogenated alkanes) is 1. The van der Waals surface area contributed by atoms with Gasteiger partial charge in [-0.25, -0.2) is 4.18 Å². The minimum absolute atomic E-state index is 0.192. The molecule has 0 saturated carbocycles. The van der Waals surface area contributed by atoms with E-state index in [9.17, 15) is 33.6 Å². The molecule has 1 aromatic carbocycles. The lowest BCUT2D eigenvalue weighted by Crippen LogP contribution is -2.65. The molecule has 38 heavy (non-hydrogen) atoms. The van der Waals surface area contributed by atoms with Crippen LogP contribution in [0.25, 0.3) is 0 Å². The van der Waals surface area contributed by atoms with Gasteiger partial charge in [0.25, 0.3) is 0 Å². The lowest BCUT2D eigenvalue weighted by atomic mass is 9.92. The zero-order valence-corrected chi connectivity index (χ0v) is 22.2. The Morgan fingerprint density at radius 1 is 1.11 bits per heavy atom. The maximum Gasteiger partial charge on any atom is 0.397 e. The molecular weight excluding hydrogens is 526 g/mol. The van der Waals surface area contributed by atoms with Crippen molar-refractivity contribution in [2.75, 3.05) is 39.6 Å². The Labute approximate surface area is 222 Å². The van der Waals surface area contributed by atoms with Crippen molar-refractivity contribution in [3.05, 3.63) is 35.9 Å². The Balaban J connectivity index is 2.05. The van der Waals surface area contributed by atoms with E-state index in [1.807, 2.05) is 37.3 Å². The number of amides is 1. The molecule has 0 unspecified atom stereocenters. The lowest BCUT2D eigenvalue weighted by Gasteiger charge is -2.43. The monoisotopic (exact) mass is 565 g/mol. The third kappa shape index (κ3) is 10.4. The first-order chi connectivity index (χ1) is 18.0. The minimum Gasteiger partial charge on any atom is -0.396 e. The fourth-order valence-electron chi connectivity index (χ4n) is 3.76. The molecule has 0 bridgehead atoms. The summed E-state index contributed by atoms with van der Waals surface area (Å²) in [6.07, 6.45) is -3.01. The number of rotatable bonds is 17. The predicted molar refractivity (Wildman–Crippen MR) is 133 cm³/mol. The number of nitrogens with one attached hydrogen (secondary N) is 1. The van der Waals surface area contributed by atoms with E-state index in [0.29, 0.717) is 12.8 Å². The van der Waals surface area contributed by atoms with Crippen LogP contribution in [0.4, 0.5) is 0 Å². The highest BCUT2D eigenvalue weighted by atomic mass is 32.3. The predicted octanol–water partition coefficient (Wildman–Crippen LogP) is -0.826. The van der Waals surface area contributed by atoms with Crippen molar-refractivity contribution in [2.24, 2.45) is 5.41 Å². The zero-order valence-electron chi connectivity index (χ0n) is 21.3. The summed E-state index contributed by atoms with van der Waals surface area (Å²) in [6.45, 7) is -0.910. The molecule has 0 aromatic heterocycles. The Hall–Kier alpha value is -1.72. The summed E-state index contributed by atoms with van der Waals surface area (Å²) in [6, 6.07) is 8.44. The standard InChI is InChI=1S/C24H39NO12S/c1-2-3-9-19(28)25-20-22(30)21(29)18(37-23(20)35-11-10-17-7-5-4-6-8-17)12-34-15-24(13-26,14-27)16-36-38(31,32)33/h4-8,18,20-23,26-27,29-30H,2-3,9-16H2,1H3,(H,25,28)(H,31,32,33)/t18-,20-,21-,22-,23+/m1/s1. The summed E-state index contributed by atoms with van der Waals surface area (Å²) in [5, 5.41) is 43.5. The van der Waals surface area contributed by atoms with E-state index in [1.54, 1.807) is 0 Å². The van der Waals surface area contributed by atoms with Crippen LogP contribution in [-0.4, -0.2) is 110 Å². The van der Waals surface area contributed by atoms with Crippen LogP contribution in [0, 0.1) is 5.41 Å². The molecule has 0 radical (unpaired) electrons. The van der Waals surface area contributed by atoms with E-state index in [-0.39, 0.29) is 25.5 Å². The Kier molecular flexibility index (Phi) is 13.5. The van der Waals surface area contributed by atoms with Gasteiger partial charge < -0.3 is 40.0 Å². The van der Waals surface area contributed by atoms with Crippen LogP contribution in [0.1, 0.15) is 31.7 Å². The van der Waals surface area contributed by atoms with E-state index in [4.69, 9.17) is 18.8 Å². The molecule has 5 atom stereocenters. The minimum atomic E-state index is -4.82.